The lowest BCUT2D eigenvalue weighted by Gasteiger charge is -2.03. The van der Waals surface area contributed by atoms with Crippen LogP contribution in [0.3, 0.4) is 0 Å². The Morgan fingerprint density at radius 1 is 1.77 bits per heavy atom. The van der Waals surface area contributed by atoms with E-state index in [4.69, 9.17) is 16.3 Å². The molecule has 13 heavy (non-hydrogen) atoms. The van der Waals surface area contributed by atoms with E-state index in [0.29, 0.717) is 10.9 Å². The Bertz CT molecular complexity index is 373. The Kier molecular flexibility index (Phi) is 3.08. The van der Waals surface area contributed by atoms with Crippen LogP contribution in [-0.2, 0) is 6.54 Å². The minimum absolute atomic E-state index is 0.192. The van der Waals surface area contributed by atoms with Crippen LogP contribution < -0.4 is 10.3 Å². The number of ether oxygens (including phenoxy) is 1. The van der Waals surface area contributed by atoms with Crippen LogP contribution in [0.4, 0.5) is 0 Å². The van der Waals surface area contributed by atoms with Crippen molar-refractivity contribution >= 4 is 11.6 Å². The van der Waals surface area contributed by atoms with Crippen LogP contribution in [0.5, 0.6) is 5.88 Å². The van der Waals surface area contributed by atoms with E-state index in [1.54, 1.807) is 0 Å². The van der Waals surface area contributed by atoms with E-state index in [-0.39, 0.29) is 12.1 Å². The topological polar surface area (TPSA) is 44.1 Å². The lowest BCUT2D eigenvalue weighted by atomic mass is 10.5. The largest absolute Gasteiger partial charge is 0.480 e. The fraction of sp³-hybridized carbons (Fsp3) is 0.250. The number of aromatic nitrogens is 2. The molecule has 0 saturated carbocycles. The van der Waals surface area contributed by atoms with E-state index in [2.05, 4.69) is 11.7 Å². The van der Waals surface area contributed by atoms with Crippen molar-refractivity contribution in [1.29, 1.82) is 0 Å². The zero-order valence-electron chi connectivity index (χ0n) is 7.16. The average molecular weight is 201 g/mol. The SMILES string of the molecule is C=C(Cl)Cn1nc(OC)ccc1=O. The van der Waals surface area contributed by atoms with E-state index < -0.39 is 0 Å². The number of methoxy groups -OCH3 is 1. The van der Waals surface area contributed by atoms with Crippen molar-refractivity contribution in [3.63, 3.8) is 0 Å². The number of hydrogen-bond acceptors (Lipinski definition) is 3. The Balaban J connectivity index is 3.04. The Morgan fingerprint density at radius 2 is 2.46 bits per heavy atom. The smallest absolute Gasteiger partial charge is 0.267 e. The number of rotatable bonds is 3. The molecule has 0 radical (unpaired) electrons. The van der Waals surface area contributed by atoms with Crippen LogP contribution in [0.1, 0.15) is 0 Å². The van der Waals surface area contributed by atoms with Crippen molar-refractivity contribution in [2.75, 3.05) is 7.11 Å². The van der Waals surface area contributed by atoms with Gasteiger partial charge in [0.05, 0.1) is 13.7 Å². The molecule has 0 spiro atoms. The number of nitrogens with zero attached hydrogens (tertiary/aromatic N) is 2. The number of allylic oxidation sites excluding steroid dienone is 1. The van der Waals surface area contributed by atoms with Crippen LogP contribution in [-0.4, -0.2) is 16.9 Å². The van der Waals surface area contributed by atoms with Gasteiger partial charge in [-0.2, -0.15) is 0 Å². The third kappa shape index (κ3) is 2.59. The first-order valence-electron chi connectivity index (χ1n) is 3.59. The second-order valence-electron chi connectivity index (χ2n) is 2.39. The molecular formula is C8H9ClN2O2. The van der Waals surface area contributed by atoms with Crippen LogP contribution in [0.15, 0.2) is 28.5 Å². The van der Waals surface area contributed by atoms with E-state index in [9.17, 15) is 4.79 Å². The minimum atomic E-state index is -0.234. The minimum Gasteiger partial charge on any atom is -0.480 e. The maximum absolute atomic E-state index is 11.2. The highest BCUT2D eigenvalue weighted by atomic mass is 35.5. The summed E-state index contributed by atoms with van der Waals surface area (Å²) >= 11 is 5.54. The molecule has 0 atom stereocenters. The third-order valence-electron chi connectivity index (χ3n) is 1.37. The van der Waals surface area contributed by atoms with Crippen LogP contribution in [0.25, 0.3) is 0 Å². The number of hydrogen-bond donors (Lipinski definition) is 0. The summed E-state index contributed by atoms with van der Waals surface area (Å²) in [5, 5.41) is 4.22. The van der Waals surface area contributed by atoms with Gasteiger partial charge in [-0.25, -0.2) is 4.68 Å². The summed E-state index contributed by atoms with van der Waals surface area (Å²) in [6.45, 7) is 3.66. The van der Waals surface area contributed by atoms with Crippen molar-refractivity contribution in [1.82, 2.24) is 9.78 Å². The molecule has 1 aromatic rings. The van der Waals surface area contributed by atoms with Gasteiger partial charge in [-0.3, -0.25) is 4.79 Å². The van der Waals surface area contributed by atoms with Gasteiger partial charge in [-0.1, -0.05) is 18.2 Å². The van der Waals surface area contributed by atoms with Gasteiger partial charge in [0.15, 0.2) is 0 Å². The first-order valence-corrected chi connectivity index (χ1v) is 3.96. The molecule has 70 valence electrons. The van der Waals surface area contributed by atoms with Crippen LogP contribution in [0, 0.1) is 0 Å². The second kappa shape index (κ2) is 4.09. The first-order chi connectivity index (χ1) is 6.13. The predicted molar refractivity (Wildman–Crippen MR) is 50.0 cm³/mol. The maximum atomic E-state index is 11.2. The normalized spacial score (nSPS) is 9.69. The Labute approximate surface area is 80.4 Å². The van der Waals surface area contributed by atoms with Crippen LogP contribution in [0.2, 0.25) is 0 Å². The molecule has 4 nitrogen and oxygen atoms in total. The summed E-state index contributed by atoms with van der Waals surface area (Å²) in [7, 11) is 1.48. The number of halogens is 1. The van der Waals surface area contributed by atoms with E-state index >= 15 is 0 Å². The van der Waals surface area contributed by atoms with E-state index in [0.717, 1.165) is 0 Å². The summed E-state index contributed by atoms with van der Waals surface area (Å²) in [6, 6.07) is 2.86. The molecule has 0 aliphatic heterocycles. The molecule has 1 heterocycles. The summed E-state index contributed by atoms with van der Waals surface area (Å²) in [6.07, 6.45) is 0. The van der Waals surface area contributed by atoms with Crippen molar-refractivity contribution in [2.45, 2.75) is 6.54 Å². The lowest BCUT2D eigenvalue weighted by Crippen LogP contribution is -2.22. The Hall–Kier alpha value is -1.29. The summed E-state index contributed by atoms with van der Waals surface area (Å²) in [5.74, 6) is 0.373. The van der Waals surface area contributed by atoms with Gasteiger partial charge in [0, 0.05) is 17.2 Å². The van der Waals surface area contributed by atoms with Gasteiger partial charge < -0.3 is 4.74 Å². The highest BCUT2D eigenvalue weighted by molar-refractivity contribution is 6.29. The molecule has 0 aliphatic rings. The molecule has 5 heteroatoms. The molecule has 0 unspecified atom stereocenters. The molecule has 0 aliphatic carbocycles. The molecule has 0 N–H and O–H groups in total. The average Bonchev–Trinajstić information content (AvgIpc) is 2.08. The van der Waals surface area contributed by atoms with Crippen molar-refractivity contribution < 1.29 is 4.74 Å². The summed E-state index contributed by atoms with van der Waals surface area (Å²) in [5.41, 5.74) is -0.234. The van der Waals surface area contributed by atoms with Gasteiger partial charge in [0.25, 0.3) is 5.56 Å². The molecular weight excluding hydrogens is 192 g/mol. The van der Waals surface area contributed by atoms with Crippen molar-refractivity contribution in [3.05, 3.63) is 34.1 Å². The molecule has 1 aromatic heterocycles. The Morgan fingerprint density at radius 3 is 3.00 bits per heavy atom. The summed E-state index contributed by atoms with van der Waals surface area (Å²) < 4.78 is 6.04. The van der Waals surface area contributed by atoms with Crippen molar-refractivity contribution in [3.8, 4) is 5.88 Å². The molecule has 0 bridgehead atoms. The molecule has 0 aromatic carbocycles. The quantitative estimate of drug-likeness (QED) is 0.732. The molecule has 1 rings (SSSR count). The lowest BCUT2D eigenvalue weighted by molar-refractivity contribution is 0.379. The molecule has 0 saturated heterocycles. The monoisotopic (exact) mass is 200 g/mol. The highest BCUT2D eigenvalue weighted by Gasteiger charge is 2.00. The van der Waals surface area contributed by atoms with E-state index in [1.807, 2.05) is 0 Å². The van der Waals surface area contributed by atoms with Gasteiger partial charge >= 0.3 is 0 Å². The van der Waals surface area contributed by atoms with Gasteiger partial charge in [-0.05, 0) is 0 Å². The molecule has 0 amide bonds. The first kappa shape index (κ1) is 9.80. The molecule has 0 fully saturated rings. The zero-order valence-corrected chi connectivity index (χ0v) is 7.91. The van der Waals surface area contributed by atoms with Crippen molar-refractivity contribution in [2.24, 2.45) is 0 Å². The second-order valence-corrected chi connectivity index (χ2v) is 2.92. The fourth-order valence-corrected chi connectivity index (χ4v) is 0.928. The predicted octanol–water partition coefficient (Wildman–Crippen LogP) is 1.00. The van der Waals surface area contributed by atoms with Gasteiger partial charge in [0.2, 0.25) is 5.88 Å². The van der Waals surface area contributed by atoms with Crippen LogP contribution >= 0.6 is 11.6 Å². The fourth-order valence-electron chi connectivity index (χ4n) is 0.815. The highest BCUT2D eigenvalue weighted by Crippen LogP contribution is 2.02. The summed E-state index contributed by atoms with van der Waals surface area (Å²) in [4.78, 5) is 11.2. The van der Waals surface area contributed by atoms with Gasteiger partial charge in [-0.15, -0.1) is 5.10 Å². The maximum Gasteiger partial charge on any atom is 0.267 e. The zero-order chi connectivity index (χ0) is 9.84. The van der Waals surface area contributed by atoms with Gasteiger partial charge in [0.1, 0.15) is 0 Å². The third-order valence-corrected chi connectivity index (χ3v) is 1.49. The standard InChI is InChI=1S/C8H9ClN2O2/c1-6(9)5-11-8(12)4-3-7(10-11)13-2/h3-4H,1,5H2,2H3. The van der Waals surface area contributed by atoms with E-state index in [1.165, 1.54) is 23.9 Å².